The minimum Gasteiger partial charge on any atom is -0.465 e. The monoisotopic (exact) mass is 426 g/mol. The van der Waals surface area contributed by atoms with Crippen LogP contribution in [0.15, 0.2) is 36.3 Å². The molecular weight excluding hydrogens is 400 g/mol. The van der Waals surface area contributed by atoms with Crippen molar-refractivity contribution in [3.8, 4) is 0 Å². The largest absolute Gasteiger partial charge is 0.465 e. The molecule has 3 rings (SSSR count). The van der Waals surface area contributed by atoms with Gasteiger partial charge >= 0.3 is 11.9 Å². The third-order valence-corrected chi connectivity index (χ3v) is 5.34. The smallest absolute Gasteiger partial charge is 0.346 e. The Hall–Kier alpha value is -3.49. The van der Waals surface area contributed by atoms with Gasteiger partial charge in [0.05, 0.1) is 19.7 Å². The normalized spacial score (nSPS) is 13.5. The Bertz CT molecular complexity index is 981. The van der Waals surface area contributed by atoms with Crippen LogP contribution >= 0.6 is 0 Å². The second-order valence-electron chi connectivity index (χ2n) is 7.38. The summed E-state index contributed by atoms with van der Waals surface area (Å²) in [6, 6.07) is 5.28. The number of esters is 2. The van der Waals surface area contributed by atoms with Crippen molar-refractivity contribution in [2.75, 3.05) is 24.9 Å². The molecular formula is C22H26N4O5. The van der Waals surface area contributed by atoms with E-state index in [-0.39, 0.29) is 11.5 Å². The Labute approximate surface area is 180 Å². The standard InChI is InChI=1S/C22H26N4O5/c1-30-21(28)17(22(29)31-2)12-23-20-16-11-15(8-9-18(16)24-13-25-20)26-19(27)10-7-14-5-3-4-6-14/h8-9,11-14H,3-7,10H2,1-2H3,(H,26,27)(H,23,24,25). The van der Waals surface area contributed by atoms with E-state index in [4.69, 9.17) is 0 Å². The van der Waals surface area contributed by atoms with Gasteiger partial charge in [0.1, 0.15) is 12.1 Å². The lowest BCUT2D eigenvalue weighted by molar-refractivity contribution is -0.144. The number of hydrogen-bond acceptors (Lipinski definition) is 8. The highest BCUT2D eigenvalue weighted by atomic mass is 16.5. The van der Waals surface area contributed by atoms with E-state index in [0.717, 1.165) is 6.42 Å². The van der Waals surface area contributed by atoms with Crippen LogP contribution in [0.2, 0.25) is 0 Å². The summed E-state index contributed by atoms with van der Waals surface area (Å²) < 4.78 is 9.21. The van der Waals surface area contributed by atoms with E-state index in [1.165, 1.54) is 52.4 Å². The molecule has 1 saturated carbocycles. The summed E-state index contributed by atoms with van der Waals surface area (Å²) in [7, 11) is 2.34. The van der Waals surface area contributed by atoms with Crippen LogP contribution in [0.3, 0.4) is 0 Å². The van der Waals surface area contributed by atoms with Gasteiger partial charge in [-0.25, -0.2) is 19.6 Å². The number of carbonyl (C=O) groups excluding carboxylic acids is 3. The molecule has 1 amide bonds. The average Bonchev–Trinajstić information content (AvgIpc) is 3.31. The number of rotatable bonds is 8. The van der Waals surface area contributed by atoms with Crippen molar-refractivity contribution in [1.29, 1.82) is 0 Å². The van der Waals surface area contributed by atoms with Crippen LogP contribution in [0.5, 0.6) is 0 Å². The van der Waals surface area contributed by atoms with Crippen molar-refractivity contribution >= 4 is 40.3 Å². The van der Waals surface area contributed by atoms with Gasteiger partial charge in [0.25, 0.3) is 0 Å². The zero-order valence-corrected chi connectivity index (χ0v) is 17.6. The van der Waals surface area contributed by atoms with Gasteiger partial charge < -0.3 is 20.1 Å². The number of carbonyl (C=O) groups is 3. The molecule has 1 aromatic carbocycles. The second-order valence-corrected chi connectivity index (χ2v) is 7.38. The Morgan fingerprint density at radius 1 is 1.10 bits per heavy atom. The summed E-state index contributed by atoms with van der Waals surface area (Å²) in [5.41, 5.74) is 0.938. The molecule has 1 aliphatic rings. The van der Waals surface area contributed by atoms with Gasteiger partial charge in [-0.05, 0) is 30.5 Å². The van der Waals surface area contributed by atoms with Gasteiger partial charge in [-0.3, -0.25) is 4.79 Å². The minimum absolute atomic E-state index is 0.0313. The predicted molar refractivity (Wildman–Crippen MR) is 115 cm³/mol. The van der Waals surface area contributed by atoms with E-state index in [9.17, 15) is 14.4 Å². The number of anilines is 2. The topological polar surface area (TPSA) is 120 Å². The van der Waals surface area contributed by atoms with Crippen LogP contribution in [0, 0.1) is 5.92 Å². The Morgan fingerprint density at radius 2 is 1.81 bits per heavy atom. The first-order valence-electron chi connectivity index (χ1n) is 10.2. The predicted octanol–water partition coefficient (Wildman–Crippen LogP) is 3.18. The van der Waals surface area contributed by atoms with E-state index in [2.05, 4.69) is 30.1 Å². The molecule has 0 spiro atoms. The van der Waals surface area contributed by atoms with E-state index >= 15 is 0 Å². The molecule has 164 valence electrons. The third-order valence-electron chi connectivity index (χ3n) is 5.34. The minimum atomic E-state index is -0.840. The molecule has 0 unspecified atom stereocenters. The van der Waals surface area contributed by atoms with Crippen LogP contribution in [-0.4, -0.2) is 42.0 Å². The molecule has 0 saturated heterocycles. The highest BCUT2D eigenvalue weighted by molar-refractivity contribution is 6.14. The van der Waals surface area contributed by atoms with Crippen LogP contribution in [0.25, 0.3) is 10.9 Å². The van der Waals surface area contributed by atoms with E-state index in [1.807, 2.05) is 0 Å². The molecule has 9 nitrogen and oxygen atoms in total. The maximum Gasteiger partial charge on any atom is 0.346 e. The lowest BCUT2D eigenvalue weighted by atomic mass is 10.0. The number of nitrogens with zero attached hydrogens (tertiary/aromatic N) is 2. The van der Waals surface area contributed by atoms with Crippen molar-refractivity contribution in [2.45, 2.75) is 38.5 Å². The first kappa shape index (κ1) is 22.2. The van der Waals surface area contributed by atoms with Gasteiger partial charge in [0.15, 0.2) is 5.57 Å². The first-order valence-corrected chi connectivity index (χ1v) is 10.2. The van der Waals surface area contributed by atoms with E-state index in [1.54, 1.807) is 18.2 Å². The van der Waals surface area contributed by atoms with Crippen molar-refractivity contribution < 1.29 is 23.9 Å². The van der Waals surface area contributed by atoms with Gasteiger partial charge in [0, 0.05) is 23.7 Å². The summed E-state index contributed by atoms with van der Waals surface area (Å²) in [6.07, 6.45) is 8.86. The molecule has 1 heterocycles. The number of benzene rings is 1. The molecule has 2 N–H and O–H groups in total. The first-order chi connectivity index (χ1) is 15.0. The molecule has 0 aliphatic heterocycles. The Kier molecular flexibility index (Phi) is 7.53. The fourth-order valence-electron chi connectivity index (χ4n) is 3.67. The lowest BCUT2D eigenvalue weighted by Gasteiger charge is -2.11. The summed E-state index contributed by atoms with van der Waals surface area (Å²) in [5.74, 6) is -0.702. The van der Waals surface area contributed by atoms with Gasteiger partial charge in [-0.15, -0.1) is 0 Å². The number of methoxy groups -OCH3 is 2. The lowest BCUT2D eigenvalue weighted by Crippen LogP contribution is -2.17. The molecule has 2 aromatic rings. The Morgan fingerprint density at radius 3 is 2.48 bits per heavy atom. The molecule has 0 bridgehead atoms. The van der Waals surface area contributed by atoms with Gasteiger partial charge in [0.2, 0.25) is 5.91 Å². The average molecular weight is 426 g/mol. The highest BCUT2D eigenvalue weighted by Crippen LogP contribution is 2.29. The number of fused-ring (bicyclic) bond motifs is 1. The molecule has 31 heavy (non-hydrogen) atoms. The quantitative estimate of drug-likeness (QED) is 0.286. The second kappa shape index (κ2) is 10.5. The molecule has 1 aromatic heterocycles. The van der Waals surface area contributed by atoms with Crippen molar-refractivity contribution in [2.24, 2.45) is 5.92 Å². The summed E-state index contributed by atoms with van der Waals surface area (Å²) in [6.45, 7) is 0. The Balaban J connectivity index is 1.76. The van der Waals surface area contributed by atoms with Crippen molar-refractivity contribution in [1.82, 2.24) is 9.97 Å². The highest BCUT2D eigenvalue weighted by Gasteiger charge is 2.20. The molecule has 9 heteroatoms. The SMILES string of the molecule is COC(=O)C(=CNc1ncnc2ccc(NC(=O)CCC3CCCC3)cc12)C(=O)OC. The molecule has 1 aliphatic carbocycles. The van der Waals surface area contributed by atoms with E-state index < -0.39 is 11.9 Å². The fourth-order valence-corrected chi connectivity index (χ4v) is 3.67. The fraction of sp³-hybridized carbons (Fsp3) is 0.409. The van der Waals surface area contributed by atoms with Crippen LogP contribution in [0.1, 0.15) is 38.5 Å². The summed E-state index contributed by atoms with van der Waals surface area (Å²) in [5, 5.41) is 6.36. The van der Waals surface area contributed by atoms with Crippen LogP contribution in [-0.2, 0) is 23.9 Å². The number of ether oxygens (including phenoxy) is 2. The summed E-state index contributed by atoms with van der Waals surface area (Å²) in [4.78, 5) is 44.4. The number of aromatic nitrogens is 2. The molecule has 0 radical (unpaired) electrons. The number of nitrogens with one attached hydrogen (secondary N) is 2. The van der Waals surface area contributed by atoms with Gasteiger partial charge in [-0.1, -0.05) is 25.7 Å². The van der Waals surface area contributed by atoms with E-state index in [0.29, 0.717) is 34.7 Å². The number of hydrogen-bond donors (Lipinski definition) is 2. The molecule has 0 atom stereocenters. The third kappa shape index (κ3) is 5.78. The van der Waals surface area contributed by atoms with Crippen molar-refractivity contribution in [3.05, 3.63) is 36.3 Å². The van der Waals surface area contributed by atoms with Crippen molar-refractivity contribution in [3.63, 3.8) is 0 Å². The van der Waals surface area contributed by atoms with Crippen LogP contribution < -0.4 is 10.6 Å². The maximum absolute atomic E-state index is 12.4. The molecule has 1 fully saturated rings. The zero-order chi connectivity index (χ0) is 22.2. The zero-order valence-electron chi connectivity index (χ0n) is 17.6. The van der Waals surface area contributed by atoms with Crippen LogP contribution in [0.4, 0.5) is 11.5 Å². The number of amides is 1. The summed E-state index contributed by atoms with van der Waals surface area (Å²) >= 11 is 0. The van der Waals surface area contributed by atoms with Gasteiger partial charge in [-0.2, -0.15) is 0 Å². The maximum atomic E-state index is 12.4.